The zero-order valence-electron chi connectivity index (χ0n) is 12.0. The highest BCUT2D eigenvalue weighted by atomic mass is 32.2. The topological polar surface area (TPSA) is 87.6 Å². The number of aryl methyl sites for hydroxylation is 1. The van der Waals surface area contributed by atoms with Crippen molar-refractivity contribution in [2.24, 2.45) is 0 Å². The summed E-state index contributed by atoms with van der Waals surface area (Å²) in [5, 5.41) is 8.82. The molecule has 0 radical (unpaired) electrons. The Labute approximate surface area is 130 Å². The summed E-state index contributed by atoms with van der Waals surface area (Å²) in [5.74, 6) is -1.06. The van der Waals surface area contributed by atoms with Crippen LogP contribution in [-0.2, 0) is 24.0 Å². The summed E-state index contributed by atoms with van der Waals surface area (Å²) >= 11 is 0. The highest BCUT2D eigenvalue weighted by Crippen LogP contribution is 2.11. The maximum absolute atomic E-state index is 11.4. The number of carbonyl (C=O) groups is 1. The van der Waals surface area contributed by atoms with Crippen LogP contribution in [0.2, 0.25) is 0 Å². The number of rotatable bonds is 6. The zero-order valence-corrected chi connectivity index (χ0v) is 12.9. The van der Waals surface area contributed by atoms with Crippen molar-refractivity contribution in [1.29, 1.82) is 0 Å². The Morgan fingerprint density at radius 3 is 2.55 bits per heavy atom. The van der Waals surface area contributed by atoms with E-state index in [1.54, 1.807) is 0 Å². The third-order valence-electron chi connectivity index (χ3n) is 3.09. The molecule has 22 heavy (non-hydrogen) atoms. The van der Waals surface area contributed by atoms with E-state index < -0.39 is 16.9 Å². The van der Waals surface area contributed by atoms with Crippen LogP contribution in [-0.4, -0.2) is 28.8 Å². The highest BCUT2D eigenvalue weighted by molar-refractivity contribution is 7.69. The number of pyridine rings is 1. The normalized spacial score (nSPS) is 11.0. The fraction of sp³-hybridized carbons (Fsp3) is 0.200. The van der Waals surface area contributed by atoms with Gasteiger partial charge in [-0.1, -0.05) is 29.8 Å². The molecule has 1 N–H and O–H groups in total. The van der Waals surface area contributed by atoms with Gasteiger partial charge in [0.25, 0.3) is 0 Å². The minimum Gasteiger partial charge on any atom is -0.478 e. The molecule has 0 unspecified atom stereocenters. The van der Waals surface area contributed by atoms with E-state index in [9.17, 15) is 13.2 Å². The minimum atomic E-state index is -2.76. The van der Waals surface area contributed by atoms with Gasteiger partial charge in [0.2, 0.25) is 10.9 Å². The van der Waals surface area contributed by atoms with E-state index in [2.05, 4.69) is 4.98 Å². The smallest absolute Gasteiger partial charge is 0.337 e. The lowest BCUT2D eigenvalue weighted by Gasteiger charge is -2.15. The quantitative estimate of drug-likeness (QED) is 0.790. The van der Waals surface area contributed by atoms with Crippen LogP contribution < -0.4 is 0 Å². The molecule has 0 atom stereocenters. The van der Waals surface area contributed by atoms with Crippen molar-refractivity contribution in [3.8, 4) is 0 Å². The van der Waals surface area contributed by atoms with Gasteiger partial charge in [0, 0.05) is 12.7 Å². The van der Waals surface area contributed by atoms with Crippen LogP contribution in [0.4, 0.5) is 0 Å². The van der Waals surface area contributed by atoms with Crippen LogP contribution in [0.3, 0.4) is 0 Å². The number of thiol groups is 1. The SMILES string of the molecule is Cc1cccc(CN(Cc2ccc(C(=O)O)cn2)[SH](=O)=O)c1. The molecule has 7 heteroatoms. The van der Waals surface area contributed by atoms with E-state index in [0.717, 1.165) is 11.1 Å². The van der Waals surface area contributed by atoms with Crippen molar-refractivity contribution in [2.75, 3.05) is 0 Å². The van der Waals surface area contributed by atoms with E-state index in [1.165, 1.54) is 22.6 Å². The fourth-order valence-corrected chi connectivity index (χ4v) is 2.56. The third-order valence-corrected chi connectivity index (χ3v) is 3.84. The van der Waals surface area contributed by atoms with E-state index in [4.69, 9.17) is 5.11 Å². The Balaban J connectivity index is 2.13. The molecule has 1 aromatic heterocycles. The summed E-state index contributed by atoms with van der Waals surface area (Å²) in [6.45, 7) is 2.30. The minimum absolute atomic E-state index is 0.0699. The number of aromatic nitrogens is 1. The Hall–Kier alpha value is -2.25. The highest BCUT2D eigenvalue weighted by Gasteiger charge is 2.11. The number of nitrogens with zero attached hydrogens (tertiary/aromatic N) is 2. The van der Waals surface area contributed by atoms with E-state index in [1.807, 2.05) is 31.2 Å². The molecule has 0 aliphatic carbocycles. The number of carboxylic acid groups (broad SMARTS) is 1. The number of hydrogen-bond acceptors (Lipinski definition) is 4. The predicted molar refractivity (Wildman–Crippen MR) is 81.9 cm³/mol. The number of hydrogen-bond donors (Lipinski definition) is 2. The molecule has 0 bridgehead atoms. The first kappa shape index (κ1) is 16.1. The van der Waals surface area contributed by atoms with E-state index >= 15 is 0 Å². The van der Waals surface area contributed by atoms with Gasteiger partial charge in [0.05, 0.1) is 17.8 Å². The van der Waals surface area contributed by atoms with Gasteiger partial charge in [-0.05, 0) is 24.6 Å². The molecular weight excluding hydrogens is 304 g/mol. The van der Waals surface area contributed by atoms with Crippen LogP contribution in [0.25, 0.3) is 0 Å². The number of carboxylic acids is 1. The molecule has 2 aromatic rings. The summed E-state index contributed by atoms with van der Waals surface area (Å²) in [7, 11) is -2.76. The van der Waals surface area contributed by atoms with Crippen molar-refractivity contribution in [3.05, 3.63) is 65.0 Å². The van der Waals surface area contributed by atoms with Gasteiger partial charge in [-0.15, -0.1) is 0 Å². The number of aromatic carboxylic acids is 1. The largest absolute Gasteiger partial charge is 0.478 e. The van der Waals surface area contributed by atoms with Crippen LogP contribution in [0.5, 0.6) is 0 Å². The van der Waals surface area contributed by atoms with Gasteiger partial charge in [-0.25, -0.2) is 13.2 Å². The van der Waals surface area contributed by atoms with Crippen molar-refractivity contribution in [3.63, 3.8) is 0 Å². The lowest BCUT2D eigenvalue weighted by molar-refractivity contribution is 0.0696. The second-order valence-electron chi connectivity index (χ2n) is 4.89. The van der Waals surface area contributed by atoms with Crippen molar-refractivity contribution >= 4 is 16.9 Å². The molecule has 0 aliphatic rings. The van der Waals surface area contributed by atoms with Crippen LogP contribution in [0.15, 0.2) is 42.6 Å². The molecule has 0 spiro atoms. The molecule has 1 heterocycles. The Morgan fingerprint density at radius 2 is 2.00 bits per heavy atom. The van der Waals surface area contributed by atoms with Crippen LogP contribution in [0, 0.1) is 6.92 Å². The summed E-state index contributed by atoms with van der Waals surface area (Å²) in [5.41, 5.74) is 2.52. The first-order valence-electron chi connectivity index (χ1n) is 6.58. The van der Waals surface area contributed by atoms with Crippen molar-refractivity contribution in [1.82, 2.24) is 9.29 Å². The zero-order chi connectivity index (χ0) is 16.1. The molecule has 116 valence electrons. The standard InChI is InChI=1S/C15H16N2O4S/c1-11-3-2-4-12(7-11)9-17(22(20)21)10-14-6-5-13(8-16-14)15(18)19/h2-8,22H,9-10H2,1H3,(H,18,19). The van der Waals surface area contributed by atoms with Crippen molar-refractivity contribution < 1.29 is 18.3 Å². The lowest BCUT2D eigenvalue weighted by atomic mass is 10.1. The van der Waals surface area contributed by atoms with Gasteiger partial charge in [0.15, 0.2) is 0 Å². The summed E-state index contributed by atoms with van der Waals surface area (Å²) in [6.07, 6.45) is 1.22. The fourth-order valence-electron chi connectivity index (χ4n) is 2.02. The lowest BCUT2D eigenvalue weighted by Crippen LogP contribution is -2.21. The summed E-state index contributed by atoms with van der Waals surface area (Å²) < 4.78 is 24.1. The Morgan fingerprint density at radius 1 is 1.23 bits per heavy atom. The maximum atomic E-state index is 11.4. The molecule has 0 saturated heterocycles. The summed E-state index contributed by atoms with van der Waals surface area (Å²) in [6, 6.07) is 10.5. The molecule has 0 saturated carbocycles. The predicted octanol–water partition coefficient (Wildman–Crippen LogP) is 1.62. The molecule has 0 fully saturated rings. The van der Waals surface area contributed by atoms with E-state index in [-0.39, 0.29) is 18.7 Å². The third kappa shape index (κ3) is 4.37. The first-order valence-corrected chi connectivity index (χ1v) is 7.72. The van der Waals surface area contributed by atoms with E-state index in [0.29, 0.717) is 5.69 Å². The Bertz CT molecular complexity index is 733. The average molecular weight is 320 g/mol. The molecular formula is C15H16N2O4S. The second kappa shape index (κ2) is 7.15. The van der Waals surface area contributed by atoms with Gasteiger partial charge in [-0.3, -0.25) is 4.98 Å². The van der Waals surface area contributed by atoms with Crippen LogP contribution in [0.1, 0.15) is 27.2 Å². The van der Waals surface area contributed by atoms with Crippen molar-refractivity contribution in [2.45, 2.75) is 20.0 Å². The monoisotopic (exact) mass is 320 g/mol. The Kier molecular flexibility index (Phi) is 5.24. The average Bonchev–Trinajstić information content (AvgIpc) is 2.47. The molecule has 0 amide bonds. The van der Waals surface area contributed by atoms with Gasteiger partial charge < -0.3 is 5.11 Å². The number of benzene rings is 1. The molecule has 6 nitrogen and oxygen atoms in total. The maximum Gasteiger partial charge on any atom is 0.337 e. The second-order valence-corrected chi connectivity index (χ2v) is 5.93. The van der Waals surface area contributed by atoms with Gasteiger partial charge in [0.1, 0.15) is 0 Å². The van der Waals surface area contributed by atoms with Gasteiger partial charge >= 0.3 is 5.97 Å². The van der Waals surface area contributed by atoms with Crippen LogP contribution >= 0.6 is 0 Å². The molecule has 2 rings (SSSR count). The van der Waals surface area contributed by atoms with Gasteiger partial charge in [-0.2, -0.15) is 4.31 Å². The first-order chi connectivity index (χ1) is 10.5. The molecule has 0 aliphatic heterocycles. The summed E-state index contributed by atoms with van der Waals surface area (Å²) in [4.78, 5) is 14.8. The molecule has 1 aromatic carbocycles.